The summed E-state index contributed by atoms with van der Waals surface area (Å²) in [6.45, 7) is 5.45. The average molecular weight is 381 g/mol. The Labute approximate surface area is 148 Å². The molecule has 5 heteroatoms. The molecule has 2 aromatic rings. The molecule has 0 spiro atoms. The second-order valence-electron chi connectivity index (χ2n) is 6.54. The van der Waals surface area contributed by atoms with Gasteiger partial charge in [-0.05, 0) is 28.3 Å². The van der Waals surface area contributed by atoms with Crippen molar-refractivity contribution in [1.29, 1.82) is 0 Å². The van der Waals surface area contributed by atoms with Crippen LogP contribution in [0.1, 0.15) is 58.8 Å². The minimum Gasteiger partial charge on any atom is -0.354 e. The molecule has 0 bridgehead atoms. The van der Waals surface area contributed by atoms with Crippen molar-refractivity contribution in [2.24, 2.45) is 13.0 Å². The number of aryl methyl sites for hydroxylation is 1. The lowest BCUT2D eigenvalue weighted by atomic mass is 9.91. The molecule has 4 nitrogen and oxygen atoms in total. The van der Waals surface area contributed by atoms with Gasteiger partial charge in [0.15, 0.2) is 0 Å². The molecule has 1 aliphatic rings. The van der Waals surface area contributed by atoms with E-state index in [4.69, 9.17) is 0 Å². The largest absolute Gasteiger partial charge is 0.354 e. The smallest absolute Gasteiger partial charge is 0.224 e. The van der Waals surface area contributed by atoms with Gasteiger partial charge >= 0.3 is 0 Å². The molecule has 0 aliphatic heterocycles. The molecule has 3 rings (SSSR count). The van der Waals surface area contributed by atoms with Crippen molar-refractivity contribution in [2.75, 3.05) is 11.9 Å². The number of nitrogens with zero attached hydrogens (tertiary/aromatic N) is 3. The Bertz CT molecular complexity index is 602. The van der Waals surface area contributed by atoms with Crippen LogP contribution < -0.4 is 5.32 Å². The minimum absolute atomic E-state index is 0.703. The van der Waals surface area contributed by atoms with Crippen molar-refractivity contribution < 1.29 is 0 Å². The van der Waals surface area contributed by atoms with Gasteiger partial charge in [0.05, 0.1) is 5.39 Å². The molecule has 1 aliphatic carbocycles. The molecule has 0 aromatic carbocycles. The summed E-state index contributed by atoms with van der Waals surface area (Å²) in [7, 11) is 1.98. The highest BCUT2D eigenvalue weighted by molar-refractivity contribution is 9.10. The van der Waals surface area contributed by atoms with E-state index in [1.165, 1.54) is 38.5 Å². The molecular formula is C18H29BrN4. The quantitative estimate of drug-likeness (QED) is 0.708. The van der Waals surface area contributed by atoms with Crippen molar-refractivity contribution in [2.45, 2.75) is 58.8 Å². The molecule has 0 saturated heterocycles. The number of rotatable bonds is 4. The van der Waals surface area contributed by atoms with E-state index in [1.54, 1.807) is 0 Å². The summed E-state index contributed by atoms with van der Waals surface area (Å²) in [6.07, 6.45) is 13.6. The van der Waals surface area contributed by atoms with Crippen LogP contribution in [-0.2, 0) is 7.05 Å². The predicted molar refractivity (Wildman–Crippen MR) is 102 cm³/mol. The van der Waals surface area contributed by atoms with Crippen molar-refractivity contribution in [3.8, 4) is 0 Å². The molecule has 0 unspecified atom stereocenters. The standard InChI is InChI=1S/C11H15BrN4.C7H14/c1-3-4-5-13-11-14-6-8-9(12)7-16(2)10(8)15-11;1-7-5-3-2-4-6-7/h6-7H,3-5H2,1-2H3,(H,13,14,15);7H,2-6H2,1H3. The number of nitrogens with one attached hydrogen (secondary N) is 1. The first kappa shape index (κ1) is 18.2. The zero-order valence-corrected chi connectivity index (χ0v) is 16.2. The normalized spacial score (nSPS) is 15.3. The van der Waals surface area contributed by atoms with Gasteiger partial charge in [-0.15, -0.1) is 0 Å². The van der Waals surface area contributed by atoms with Crippen molar-refractivity contribution in [3.63, 3.8) is 0 Å². The van der Waals surface area contributed by atoms with E-state index in [-0.39, 0.29) is 0 Å². The maximum Gasteiger partial charge on any atom is 0.224 e. The van der Waals surface area contributed by atoms with E-state index >= 15 is 0 Å². The van der Waals surface area contributed by atoms with Crippen molar-refractivity contribution >= 4 is 32.9 Å². The van der Waals surface area contributed by atoms with Gasteiger partial charge in [-0.3, -0.25) is 0 Å². The minimum atomic E-state index is 0.703. The van der Waals surface area contributed by atoms with Crippen LogP contribution >= 0.6 is 15.9 Å². The average Bonchev–Trinajstić information content (AvgIpc) is 2.83. The first-order chi connectivity index (χ1) is 11.1. The van der Waals surface area contributed by atoms with Crippen LogP contribution in [0.2, 0.25) is 0 Å². The maximum absolute atomic E-state index is 4.48. The number of hydrogen-bond acceptors (Lipinski definition) is 3. The Kier molecular flexibility index (Phi) is 7.34. The molecule has 128 valence electrons. The zero-order chi connectivity index (χ0) is 16.7. The fourth-order valence-corrected chi connectivity index (χ4v) is 3.47. The first-order valence-corrected chi connectivity index (χ1v) is 9.62. The second kappa shape index (κ2) is 9.26. The predicted octanol–water partition coefficient (Wildman–Crippen LogP) is 5.53. The summed E-state index contributed by atoms with van der Waals surface area (Å²) in [5.41, 5.74) is 0.945. The van der Waals surface area contributed by atoms with Crippen LogP contribution in [0.15, 0.2) is 16.9 Å². The van der Waals surface area contributed by atoms with E-state index in [1.807, 2.05) is 24.0 Å². The van der Waals surface area contributed by atoms with Crippen LogP contribution in [-0.4, -0.2) is 21.1 Å². The third-order valence-electron chi connectivity index (χ3n) is 4.37. The number of fused-ring (bicyclic) bond motifs is 1. The Morgan fingerprint density at radius 2 is 2.04 bits per heavy atom. The number of hydrogen-bond donors (Lipinski definition) is 1. The van der Waals surface area contributed by atoms with E-state index < -0.39 is 0 Å². The Morgan fingerprint density at radius 3 is 2.65 bits per heavy atom. The molecule has 23 heavy (non-hydrogen) atoms. The van der Waals surface area contributed by atoms with Crippen LogP contribution in [0.4, 0.5) is 5.95 Å². The molecule has 2 heterocycles. The summed E-state index contributed by atoms with van der Waals surface area (Å²) in [5, 5.41) is 4.27. The molecule has 1 saturated carbocycles. The molecule has 2 aromatic heterocycles. The highest BCUT2D eigenvalue weighted by atomic mass is 79.9. The zero-order valence-electron chi connectivity index (χ0n) is 14.6. The first-order valence-electron chi connectivity index (χ1n) is 8.83. The van der Waals surface area contributed by atoms with Gasteiger partial charge in [0.2, 0.25) is 5.95 Å². The fourth-order valence-electron chi connectivity index (χ4n) is 2.88. The monoisotopic (exact) mass is 380 g/mol. The molecule has 0 radical (unpaired) electrons. The van der Waals surface area contributed by atoms with Gasteiger partial charge in [0, 0.05) is 30.5 Å². The maximum atomic E-state index is 4.48. The third-order valence-corrected chi connectivity index (χ3v) is 5.01. The summed E-state index contributed by atoms with van der Waals surface area (Å²) in [6, 6.07) is 0. The Morgan fingerprint density at radius 1 is 1.30 bits per heavy atom. The van der Waals surface area contributed by atoms with E-state index in [0.717, 1.165) is 34.4 Å². The number of halogens is 1. The van der Waals surface area contributed by atoms with Crippen LogP contribution in [0, 0.1) is 5.92 Å². The van der Waals surface area contributed by atoms with Gasteiger partial charge in [-0.25, -0.2) is 4.98 Å². The van der Waals surface area contributed by atoms with Gasteiger partial charge in [-0.2, -0.15) is 4.98 Å². The lowest BCUT2D eigenvalue weighted by Crippen LogP contribution is -2.05. The van der Waals surface area contributed by atoms with E-state index in [9.17, 15) is 0 Å². The van der Waals surface area contributed by atoms with Crippen LogP contribution in [0.3, 0.4) is 0 Å². The molecular weight excluding hydrogens is 352 g/mol. The van der Waals surface area contributed by atoms with Crippen molar-refractivity contribution in [3.05, 3.63) is 16.9 Å². The summed E-state index contributed by atoms with van der Waals surface area (Å²) < 4.78 is 3.02. The van der Waals surface area contributed by atoms with Gasteiger partial charge in [0.25, 0.3) is 0 Å². The SMILES string of the molecule is CC1CCCCC1.CCCCNc1ncc2c(Br)cn(C)c2n1. The number of anilines is 1. The molecule has 0 amide bonds. The van der Waals surface area contributed by atoms with Crippen LogP contribution in [0.5, 0.6) is 0 Å². The van der Waals surface area contributed by atoms with Gasteiger partial charge in [-0.1, -0.05) is 52.4 Å². The Balaban J connectivity index is 0.000000229. The third kappa shape index (κ3) is 5.48. The lowest BCUT2D eigenvalue weighted by molar-refractivity contribution is 0.385. The highest BCUT2D eigenvalue weighted by Gasteiger charge is 2.07. The molecule has 1 fully saturated rings. The summed E-state index contributed by atoms with van der Waals surface area (Å²) in [5.74, 6) is 1.74. The highest BCUT2D eigenvalue weighted by Crippen LogP contribution is 2.24. The van der Waals surface area contributed by atoms with Gasteiger partial charge in [0.1, 0.15) is 5.65 Å². The fraction of sp³-hybridized carbons (Fsp3) is 0.667. The Hall–Kier alpha value is -1.10. The summed E-state index contributed by atoms with van der Waals surface area (Å²) >= 11 is 3.48. The summed E-state index contributed by atoms with van der Waals surface area (Å²) in [4.78, 5) is 8.77. The lowest BCUT2D eigenvalue weighted by Gasteiger charge is -2.15. The topological polar surface area (TPSA) is 42.7 Å². The van der Waals surface area contributed by atoms with Crippen LogP contribution in [0.25, 0.3) is 11.0 Å². The second-order valence-corrected chi connectivity index (χ2v) is 7.40. The number of aromatic nitrogens is 3. The van der Waals surface area contributed by atoms with Crippen molar-refractivity contribution in [1.82, 2.24) is 14.5 Å². The number of unbranched alkanes of at least 4 members (excludes halogenated alkanes) is 1. The molecule has 1 N–H and O–H groups in total. The van der Waals surface area contributed by atoms with Gasteiger partial charge < -0.3 is 9.88 Å². The molecule has 0 atom stereocenters. The van der Waals surface area contributed by atoms with E-state index in [0.29, 0.717) is 5.95 Å². The van der Waals surface area contributed by atoms with E-state index in [2.05, 4.69) is 45.1 Å².